The summed E-state index contributed by atoms with van der Waals surface area (Å²) in [6.45, 7) is 2.03. The molecule has 0 saturated carbocycles. The Kier molecular flexibility index (Phi) is 2.89. The Hall–Kier alpha value is -0.800. The van der Waals surface area contributed by atoms with E-state index in [4.69, 9.17) is 11.6 Å². The fourth-order valence-corrected chi connectivity index (χ4v) is 2.32. The van der Waals surface area contributed by atoms with Gasteiger partial charge in [-0.05, 0) is 24.8 Å². The summed E-state index contributed by atoms with van der Waals surface area (Å²) < 4.78 is 0. The molecule has 0 aliphatic carbocycles. The molecule has 0 atom stereocenters. The quantitative estimate of drug-likeness (QED) is 0.800. The van der Waals surface area contributed by atoms with Crippen LogP contribution in [-0.4, -0.2) is 16.1 Å². The van der Waals surface area contributed by atoms with Crippen LogP contribution in [-0.2, 0) is 6.42 Å². The van der Waals surface area contributed by atoms with Gasteiger partial charge >= 0.3 is 0 Å². The summed E-state index contributed by atoms with van der Waals surface area (Å²) in [5.41, 5.74) is 4.58. The molecule has 74 valence electrons. The van der Waals surface area contributed by atoms with Crippen LogP contribution in [0.15, 0.2) is 16.8 Å². The number of hydrogen-bond donors (Lipinski definition) is 1. The first-order valence-electron chi connectivity index (χ1n) is 4.45. The second kappa shape index (κ2) is 4.15. The van der Waals surface area contributed by atoms with Gasteiger partial charge < -0.3 is 0 Å². The maximum atomic E-state index is 5.76. The van der Waals surface area contributed by atoms with Crippen LogP contribution in [0.3, 0.4) is 0 Å². The summed E-state index contributed by atoms with van der Waals surface area (Å²) in [5.74, 6) is 0.636. The lowest BCUT2D eigenvalue weighted by Crippen LogP contribution is -1.89. The van der Waals surface area contributed by atoms with E-state index in [1.165, 1.54) is 11.1 Å². The number of H-pyrrole nitrogens is 1. The van der Waals surface area contributed by atoms with E-state index < -0.39 is 0 Å². The number of rotatable bonds is 3. The van der Waals surface area contributed by atoms with Crippen LogP contribution in [0.5, 0.6) is 0 Å². The van der Waals surface area contributed by atoms with Crippen molar-refractivity contribution >= 4 is 22.9 Å². The van der Waals surface area contributed by atoms with E-state index in [-0.39, 0.29) is 0 Å². The molecule has 14 heavy (non-hydrogen) atoms. The number of nitrogens with one attached hydrogen (secondary N) is 1. The fraction of sp³-hybridized carbons (Fsp3) is 0.300. The molecule has 1 N–H and O–H groups in total. The van der Waals surface area contributed by atoms with Gasteiger partial charge in [0.25, 0.3) is 0 Å². The molecule has 0 aliphatic heterocycles. The third kappa shape index (κ3) is 1.70. The molecule has 0 saturated heterocycles. The largest absolute Gasteiger partial charge is 0.282 e. The molecule has 2 heterocycles. The monoisotopic (exact) mass is 226 g/mol. The van der Waals surface area contributed by atoms with E-state index in [2.05, 4.69) is 27.0 Å². The third-order valence-electron chi connectivity index (χ3n) is 2.21. The van der Waals surface area contributed by atoms with Gasteiger partial charge in [-0.15, -0.1) is 11.6 Å². The molecule has 0 aliphatic rings. The van der Waals surface area contributed by atoms with E-state index in [0.29, 0.717) is 5.88 Å². The number of hydrogen-bond acceptors (Lipinski definition) is 2. The van der Waals surface area contributed by atoms with E-state index in [1.54, 1.807) is 11.3 Å². The van der Waals surface area contributed by atoms with Crippen LogP contribution in [0.25, 0.3) is 11.3 Å². The molecule has 0 unspecified atom stereocenters. The van der Waals surface area contributed by atoms with Crippen molar-refractivity contribution in [1.29, 1.82) is 0 Å². The zero-order valence-corrected chi connectivity index (χ0v) is 9.45. The maximum absolute atomic E-state index is 5.76. The average Bonchev–Trinajstić information content (AvgIpc) is 2.77. The Morgan fingerprint density at radius 2 is 2.43 bits per heavy atom. The van der Waals surface area contributed by atoms with Crippen molar-refractivity contribution in [1.82, 2.24) is 10.2 Å². The van der Waals surface area contributed by atoms with Crippen LogP contribution in [0, 0.1) is 6.92 Å². The molecule has 0 aromatic carbocycles. The third-order valence-corrected chi connectivity index (χ3v) is 3.09. The van der Waals surface area contributed by atoms with Crippen molar-refractivity contribution in [2.75, 3.05) is 5.88 Å². The van der Waals surface area contributed by atoms with Crippen LogP contribution < -0.4 is 0 Å². The molecule has 0 bridgehead atoms. The number of thiophene rings is 1. The summed E-state index contributed by atoms with van der Waals surface area (Å²) in [5, 5.41) is 11.5. The molecule has 0 amide bonds. The number of aromatic nitrogens is 2. The van der Waals surface area contributed by atoms with Crippen molar-refractivity contribution in [3.8, 4) is 11.3 Å². The first-order valence-corrected chi connectivity index (χ1v) is 5.93. The molecule has 2 rings (SSSR count). The topological polar surface area (TPSA) is 28.7 Å². The minimum absolute atomic E-state index is 0.636. The van der Waals surface area contributed by atoms with Crippen LogP contribution in [0.2, 0.25) is 0 Å². The SMILES string of the molecule is Cc1[nH]nc(-c2ccsc2)c1CCCl. The molecule has 0 fully saturated rings. The highest BCUT2D eigenvalue weighted by molar-refractivity contribution is 7.08. The molecule has 0 spiro atoms. The molecule has 4 heteroatoms. The van der Waals surface area contributed by atoms with Crippen molar-refractivity contribution in [2.45, 2.75) is 13.3 Å². The van der Waals surface area contributed by atoms with Crippen molar-refractivity contribution in [3.63, 3.8) is 0 Å². The van der Waals surface area contributed by atoms with Crippen molar-refractivity contribution in [3.05, 3.63) is 28.1 Å². The maximum Gasteiger partial charge on any atom is 0.0964 e. The minimum atomic E-state index is 0.636. The van der Waals surface area contributed by atoms with Gasteiger partial charge in [-0.2, -0.15) is 16.4 Å². The molecular weight excluding hydrogens is 216 g/mol. The van der Waals surface area contributed by atoms with E-state index in [9.17, 15) is 0 Å². The Morgan fingerprint density at radius 3 is 3.07 bits per heavy atom. The summed E-state index contributed by atoms with van der Waals surface area (Å²) >= 11 is 7.44. The van der Waals surface area contributed by atoms with E-state index >= 15 is 0 Å². The summed E-state index contributed by atoms with van der Waals surface area (Å²) in [6.07, 6.45) is 0.870. The van der Waals surface area contributed by atoms with Gasteiger partial charge in [0.15, 0.2) is 0 Å². The number of nitrogens with zero attached hydrogens (tertiary/aromatic N) is 1. The first-order chi connectivity index (χ1) is 6.83. The lowest BCUT2D eigenvalue weighted by atomic mass is 10.1. The van der Waals surface area contributed by atoms with Gasteiger partial charge in [0, 0.05) is 28.1 Å². The normalized spacial score (nSPS) is 10.7. The average molecular weight is 227 g/mol. The first kappa shape index (κ1) is 9.74. The number of aromatic amines is 1. The van der Waals surface area contributed by atoms with E-state index in [1.807, 2.05) is 6.92 Å². The Bertz CT molecular complexity index is 406. The Balaban J connectivity index is 2.43. The van der Waals surface area contributed by atoms with Crippen molar-refractivity contribution < 1.29 is 0 Å². The molecule has 2 aromatic heterocycles. The Morgan fingerprint density at radius 1 is 1.57 bits per heavy atom. The van der Waals surface area contributed by atoms with Gasteiger partial charge in [-0.3, -0.25) is 5.10 Å². The summed E-state index contributed by atoms with van der Waals surface area (Å²) in [4.78, 5) is 0. The summed E-state index contributed by atoms with van der Waals surface area (Å²) in [7, 11) is 0. The van der Waals surface area contributed by atoms with Gasteiger partial charge in [0.05, 0.1) is 5.69 Å². The lowest BCUT2D eigenvalue weighted by molar-refractivity contribution is 1.04. The second-order valence-corrected chi connectivity index (χ2v) is 4.28. The predicted molar refractivity (Wildman–Crippen MR) is 61.1 cm³/mol. The van der Waals surface area contributed by atoms with Crippen LogP contribution in [0.4, 0.5) is 0 Å². The molecule has 0 radical (unpaired) electrons. The zero-order valence-electron chi connectivity index (χ0n) is 7.88. The fourth-order valence-electron chi connectivity index (χ4n) is 1.49. The Labute approximate surface area is 91.9 Å². The highest BCUT2D eigenvalue weighted by Gasteiger charge is 2.11. The zero-order chi connectivity index (χ0) is 9.97. The minimum Gasteiger partial charge on any atom is -0.282 e. The van der Waals surface area contributed by atoms with Crippen LogP contribution >= 0.6 is 22.9 Å². The highest BCUT2D eigenvalue weighted by atomic mass is 35.5. The lowest BCUT2D eigenvalue weighted by Gasteiger charge is -1.98. The van der Waals surface area contributed by atoms with E-state index in [0.717, 1.165) is 17.8 Å². The van der Waals surface area contributed by atoms with Gasteiger partial charge in [0.1, 0.15) is 0 Å². The number of alkyl halides is 1. The van der Waals surface area contributed by atoms with Gasteiger partial charge in [-0.25, -0.2) is 0 Å². The summed E-state index contributed by atoms with van der Waals surface area (Å²) in [6, 6.07) is 2.08. The molecule has 2 aromatic rings. The smallest absolute Gasteiger partial charge is 0.0964 e. The van der Waals surface area contributed by atoms with Crippen molar-refractivity contribution in [2.24, 2.45) is 0 Å². The second-order valence-electron chi connectivity index (χ2n) is 3.13. The predicted octanol–water partition coefficient (Wildman–Crippen LogP) is 3.23. The van der Waals surface area contributed by atoms with Gasteiger partial charge in [0.2, 0.25) is 0 Å². The molecular formula is C10H11ClN2S. The highest BCUT2D eigenvalue weighted by Crippen LogP contribution is 2.26. The van der Waals surface area contributed by atoms with Gasteiger partial charge in [-0.1, -0.05) is 0 Å². The standard InChI is InChI=1S/C10H11ClN2S/c1-7-9(2-4-11)10(13-12-7)8-3-5-14-6-8/h3,5-6H,2,4H2,1H3,(H,12,13). The molecule has 2 nitrogen and oxygen atoms in total. The van der Waals surface area contributed by atoms with Crippen LogP contribution in [0.1, 0.15) is 11.3 Å². The number of aryl methyl sites for hydroxylation is 1. The number of halogens is 1.